The number of methoxy groups -OCH3 is 1. The monoisotopic (exact) mass is 331 g/mol. The van der Waals surface area contributed by atoms with Gasteiger partial charge in [0, 0.05) is 16.8 Å². The number of hydrogen-bond donors (Lipinski definition) is 0. The Labute approximate surface area is 142 Å². The van der Waals surface area contributed by atoms with Crippen LogP contribution in [0.4, 0.5) is 5.69 Å². The van der Waals surface area contributed by atoms with Gasteiger partial charge in [0.2, 0.25) is 0 Å². The number of halogens is 1. The Balaban J connectivity index is 2.54. The van der Waals surface area contributed by atoms with Gasteiger partial charge in [-0.05, 0) is 63.1 Å². The molecule has 0 radical (unpaired) electrons. The van der Waals surface area contributed by atoms with Crippen LogP contribution in [0.25, 0.3) is 0 Å². The van der Waals surface area contributed by atoms with Crippen LogP contribution in [0.1, 0.15) is 35.3 Å². The zero-order valence-corrected chi connectivity index (χ0v) is 14.9. The summed E-state index contributed by atoms with van der Waals surface area (Å²) in [6.45, 7) is 8.04. The molecule has 1 amide bonds. The van der Waals surface area contributed by atoms with Gasteiger partial charge in [-0.1, -0.05) is 23.7 Å². The number of nitrogens with zero attached hydrogens (tertiary/aromatic N) is 1. The minimum absolute atomic E-state index is 0.0170. The van der Waals surface area contributed by atoms with E-state index in [-0.39, 0.29) is 11.9 Å². The smallest absolute Gasteiger partial charge is 0.262 e. The van der Waals surface area contributed by atoms with E-state index in [4.69, 9.17) is 16.3 Å². The summed E-state index contributed by atoms with van der Waals surface area (Å²) in [5.74, 6) is 0.390. The molecule has 0 saturated heterocycles. The molecular weight excluding hydrogens is 310 g/mol. The molecule has 0 spiro atoms. The number of carbonyl (C=O) groups excluding carboxylic acids is 1. The lowest BCUT2D eigenvalue weighted by Gasteiger charge is -2.29. The normalized spacial score (nSPS) is 10.7. The highest BCUT2D eigenvalue weighted by Gasteiger charge is 2.25. The van der Waals surface area contributed by atoms with E-state index in [2.05, 4.69) is 0 Å². The number of benzene rings is 2. The second-order valence-corrected chi connectivity index (χ2v) is 6.34. The maximum Gasteiger partial charge on any atom is 0.262 e. The SMILES string of the molecule is COc1cc(Cl)ccc1C(=O)N(c1cc(C)ccc1C)C(C)C. The molecule has 3 nitrogen and oxygen atoms in total. The molecule has 0 aliphatic rings. The van der Waals surface area contributed by atoms with Gasteiger partial charge in [0.1, 0.15) is 5.75 Å². The first-order valence-electron chi connectivity index (χ1n) is 7.59. The van der Waals surface area contributed by atoms with Gasteiger partial charge in [-0.2, -0.15) is 0 Å². The summed E-state index contributed by atoms with van der Waals surface area (Å²) >= 11 is 6.00. The molecule has 0 bridgehead atoms. The van der Waals surface area contributed by atoms with Crippen LogP contribution >= 0.6 is 11.6 Å². The molecule has 2 aromatic rings. The topological polar surface area (TPSA) is 29.5 Å². The van der Waals surface area contributed by atoms with E-state index in [1.807, 2.05) is 45.9 Å². The van der Waals surface area contributed by atoms with Crippen molar-refractivity contribution < 1.29 is 9.53 Å². The first-order chi connectivity index (χ1) is 10.8. The lowest BCUT2D eigenvalue weighted by Crippen LogP contribution is -2.37. The van der Waals surface area contributed by atoms with Crippen molar-refractivity contribution in [2.75, 3.05) is 12.0 Å². The van der Waals surface area contributed by atoms with Crippen molar-refractivity contribution in [3.8, 4) is 5.75 Å². The maximum atomic E-state index is 13.1. The number of hydrogen-bond acceptors (Lipinski definition) is 2. The third-order valence-corrected chi connectivity index (χ3v) is 3.99. The van der Waals surface area contributed by atoms with Crippen molar-refractivity contribution in [2.45, 2.75) is 33.7 Å². The Morgan fingerprint density at radius 3 is 2.43 bits per heavy atom. The second-order valence-electron chi connectivity index (χ2n) is 5.90. The maximum absolute atomic E-state index is 13.1. The van der Waals surface area contributed by atoms with E-state index in [0.29, 0.717) is 16.3 Å². The Morgan fingerprint density at radius 1 is 1.13 bits per heavy atom. The number of anilines is 1. The van der Waals surface area contributed by atoms with Gasteiger partial charge in [0.15, 0.2) is 0 Å². The standard InChI is InChI=1S/C19H22ClNO2/c1-12(2)21(17-10-13(3)6-7-14(17)4)19(22)16-9-8-15(20)11-18(16)23-5/h6-12H,1-5H3. The van der Waals surface area contributed by atoms with Crippen molar-refractivity contribution in [3.05, 3.63) is 58.1 Å². The van der Waals surface area contributed by atoms with Crippen LogP contribution in [0.3, 0.4) is 0 Å². The summed E-state index contributed by atoms with van der Waals surface area (Å²) in [7, 11) is 1.54. The van der Waals surface area contributed by atoms with Gasteiger partial charge < -0.3 is 9.64 Å². The Bertz CT molecular complexity index is 725. The fraction of sp³-hybridized carbons (Fsp3) is 0.316. The molecule has 0 unspecified atom stereocenters. The van der Waals surface area contributed by atoms with Gasteiger partial charge >= 0.3 is 0 Å². The Morgan fingerprint density at radius 2 is 1.83 bits per heavy atom. The van der Waals surface area contributed by atoms with Gasteiger partial charge in [0.05, 0.1) is 12.7 Å². The van der Waals surface area contributed by atoms with Crippen molar-refractivity contribution >= 4 is 23.2 Å². The molecule has 0 heterocycles. The molecule has 0 aliphatic carbocycles. The van der Waals surface area contributed by atoms with Crippen molar-refractivity contribution in [2.24, 2.45) is 0 Å². The molecule has 2 rings (SSSR count). The molecule has 0 atom stereocenters. The molecular formula is C19H22ClNO2. The van der Waals surface area contributed by atoms with Crippen LogP contribution in [-0.2, 0) is 0 Å². The van der Waals surface area contributed by atoms with E-state index in [1.165, 1.54) is 0 Å². The van der Waals surface area contributed by atoms with E-state index in [0.717, 1.165) is 16.8 Å². The van der Waals surface area contributed by atoms with Crippen LogP contribution < -0.4 is 9.64 Å². The molecule has 23 heavy (non-hydrogen) atoms. The zero-order chi connectivity index (χ0) is 17.1. The summed E-state index contributed by atoms with van der Waals surface area (Å²) < 4.78 is 5.34. The number of ether oxygens (including phenoxy) is 1. The zero-order valence-electron chi connectivity index (χ0n) is 14.2. The van der Waals surface area contributed by atoms with Gasteiger partial charge in [-0.25, -0.2) is 0 Å². The van der Waals surface area contributed by atoms with Crippen LogP contribution in [0.2, 0.25) is 5.02 Å². The molecule has 0 N–H and O–H groups in total. The first-order valence-corrected chi connectivity index (χ1v) is 7.97. The van der Waals surface area contributed by atoms with E-state index >= 15 is 0 Å². The average Bonchev–Trinajstić information content (AvgIpc) is 2.50. The van der Waals surface area contributed by atoms with Gasteiger partial charge in [0.25, 0.3) is 5.91 Å². The van der Waals surface area contributed by atoms with E-state index in [9.17, 15) is 4.79 Å². The summed E-state index contributed by atoms with van der Waals surface area (Å²) in [5, 5.41) is 0.543. The minimum Gasteiger partial charge on any atom is -0.496 e. The first kappa shape index (κ1) is 17.4. The number of carbonyl (C=O) groups is 1. The van der Waals surface area contributed by atoms with Crippen molar-refractivity contribution in [3.63, 3.8) is 0 Å². The molecule has 0 aromatic heterocycles. The molecule has 0 saturated carbocycles. The van der Waals surface area contributed by atoms with Gasteiger partial charge in [-0.3, -0.25) is 4.79 Å². The van der Waals surface area contributed by atoms with Crippen LogP contribution in [-0.4, -0.2) is 19.1 Å². The Kier molecular flexibility index (Phi) is 5.32. The highest BCUT2D eigenvalue weighted by atomic mass is 35.5. The third kappa shape index (κ3) is 3.67. The van der Waals surface area contributed by atoms with Gasteiger partial charge in [-0.15, -0.1) is 0 Å². The predicted molar refractivity (Wildman–Crippen MR) is 95.9 cm³/mol. The van der Waals surface area contributed by atoms with E-state index in [1.54, 1.807) is 30.2 Å². The predicted octanol–water partition coefficient (Wildman–Crippen LogP) is 5.02. The number of rotatable bonds is 4. The lowest BCUT2D eigenvalue weighted by molar-refractivity contribution is 0.0977. The molecule has 4 heteroatoms. The lowest BCUT2D eigenvalue weighted by atomic mass is 10.1. The minimum atomic E-state index is -0.0952. The summed E-state index contributed by atoms with van der Waals surface area (Å²) in [4.78, 5) is 14.9. The van der Waals surface area contributed by atoms with Crippen molar-refractivity contribution in [1.29, 1.82) is 0 Å². The average molecular weight is 332 g/mol. The number of aryl methyl sites for hydroxylation is 2. The van der Waals surface area contributed by atoms with Crippen molar-refractivity contribution in [1.82, 2.24) is 0 Å². The molecule has 2 aromatic carbocycles. The molecule has 0 aliphatic heterocycles. The highest BCUT2D eigenvalue weighted by Crippen LogP contribution is 2.29. The fourth-order valence-corrected chi connectivity index (χ4v) is 2.73. The fourth-order valence-electron chi connectivity index (χ4n) is 2.57. The summed E-state index contributed by atoms with van der Waals surface area (Å²) in [6, 6.07) is 11.2. The Hall–Kier alpha value is -2.00. The van der Waals surface area contributed by atoms with Crippen LogP contribution in [0, 0.1) is 13.8 Å². The quantitative estimate of drug-likeness (QED) is 0.787. The second kappa shape index (κ2) is 7.05. The largest absolute Gasteiger partial charge is 0.496 e. The molecule has 122 valence electrons. The summed E-state index contributed by atoms with van der Waals surface area (Å²) in [5.41, 5.74) is 3.60. The highest BCUT2D eigenvalue weighted by molar-refractivity contribution is 6.31. The third-order valence-electron chi connectivity index (χ3n) is 3.75. The van der Waals surface area contributed by atoms with Crippen LogP contribution in [0.5, 0.6) is 5.75 Å². The molecule has 0 fully saturated rings. The van der Waals surface area contributed by atoms with Crippen LogP contribution in [0.15, 0.2) is 36.4 Å². The number of amides is 1. The van der Waals surface area contributed by atoms with E-state index < -0.39 is 0 Å². The summed E-state index contributed by atoms with van der Waals surface area (Å²) in [6.07, 6.45) is 0.